The third-order valence-corrected chi connectivity index (χ3v) is 3.16. The Kier molecular flexibility index (Phi) is 6.77. The monoisotopic (exact) mass is 306 g/mol. The minimum Gasteiger partial charge on any atom is -0.493 e. The minimum absolute atomic E-state index is 0.0139. The van der Waals surface area contributed by atoms with Crippen LogP contribution in [-0.4, -0.2) is 18.6 Å². The van der Waals surface area contributed by atoms with E-state index >= 15 is 0 Å². The zero-order valence-electron chi connectivity index (χ0n) is 12.4. The van der Waals surface area contributed by atoms with Gasteiger partial charge in [0.15, 0.2) is 0 Å². The molecule has 0 spiro atoms. The number of carbonyl (C=O) groups is 1. The molecule has 0 aromatic heterocycles. The van der Waals surface area contributed by atoms with Gasteiger partial charge in [-0.15, -0.1) is 0 Å². The van der Waals surface area contributed by atoms with E-state index in [4.69, 9.17) is 16.3 Å². The first-order valence-electron chi connectivity index (χ1n) is 6.86. The van der Waals surface area contributed by atoms with Crippen molar-refractivity contribution in [2.75, 3.05) is 6.61 Å². The average molecular weight is 307 g/mol. The lowest BCUT2D eigenvalue weighted by Crippen LogP contribution is -2.32. The Hall–Kier alpha value is -1.99. The summed E-state index contributed by atoms with van der Waals surface area (Å²) >= 11 is 5.96. The van der Waals surface area contributed by atoms with Crippen molar-refractivity contribution in [3.05, 3.63) is 34.4 Å². The maximum Gasteiger partial charge on any atom is 0.262 e. The average Bonchev–Trinajstić information content (AvgIpc) is 2.47. The van der Waals surface area contributed by atoms with Crippen molar-refractivity contribution in [1.29, 1.82) is 5.26 Å². The van der Waals surface area contributed by atoms with Crippen molar-refractivity contribution < 1.29 is 9.53 Å². The van der Waals surface area contributed by atoms with E-state index in [0.29, 0.717) is 22.9 Å². The fraction of sp³-hybridized carbons (Fsp3) is 0.375. The van der Waals surface area contributed by atoms with Gasteiger partial charge in [0, 0.05) is 16.6 Å². The Bertz CT molecular complexity index is 576. The number of nitrogens with one attached hydrogen (secondary N) is 1. The van der Waals surface area contributed by atoms with Crippen LogP contribution in [0.15, 0.2) is 23.8 Å². The van der Waals surface area contributed by atoms with Crippen molar-refractivity contribution in [3.8, 4) is 11.8 Å². The fourth-order valence-electron chi connectivity index (χ4n) is 1.63. The number of hydrogen-bond donors (Lipinski definition) is 1. The van der Waals surface area contributed by atoms with Gasteiger partial charge in [-0.05, 0) is 44.5 Å². The van der Waals surface area contributed by atoms with Crippen LogP contribution in [0.3, 0.4) is 0 Å². The standard InChI is InChI=1S/C16H19ClN2O2/c1-4-11(3)19-16(20)13(10-18)8-12-9-14(17)6-7-15(12)21-5-2/h6-9,11H,4-5H2,1-3H3,(H,19,20)/b13-8+/t11-/m0/s1. The number of halogens is 1. The number of hydrogen-bond acceptors (Lipinski definition) is 3. The second kappa shape index (κ2) is 8.33. The molecule has 112 valence electrons. The summed E-state index contributed by atoms with van der Waals surface area (Å²) in [5, 5.41) is 12.5. The van der Waals surface area contributed by atoms with Crippen LogP contribution < -0.4 is 10.1 Å². The van der Waals surface area contributed by atoms with Gasteiger partial charge in [0.1, 0.15) is 17.4 Å². The summed E-state index contributed by atoms with van der Waals surface area (Å²) in [6.45, 7) is 6.20. The van der Waals surface area contributed by atoms with E-state index in [0.717, 1.165) is 6.42 Å². The molecule has 0 fully saturated rings. The number of ether oxygens (including phenoxy) is 1. The Labute approximate surface area is 130 Å². The molecular formula is C16H19ClN2O2. The second-order valence-electron chi connectivity index (χ2n) is 4.57. The van der Waals surface area contributed by atoms with E-state index in [1.807, 2.05) is 26.8 Å². The third-order valence-electron chi connectivity index (χ3n) is 2.93. The molecule has 0 saturated carbocycles. The molecule has 4 nitrogen and oxygen atoms in total. The van der Waals surface area contributed by atoms with Crippen molar-refractivity contribution >= 4 is 23.6 Å². The molecule has 0 aliphatic rings. The summed E-state index contributed by atoms with van der Waals surface area (Å²) in [5.41, 5.74) is 0.638. The quantitative estimate of drug-likeness (QED) is 0.645. The molecule has 1 amide bonds. The molecule has 1 aromatic rings. The van der Waals surface area contributed by atoms with Crippen LogP contribution in [-0.2, 0) is 4.79 Å². The molecule has 0 unspecified atom stereocenters. The SMILES string of the molecule is CCOc1ccc(Cl)cc1/C=C(\C#N)C(=O)N[C@@H](C)CC. The summed E-state index contributed by atoms with van der Waals surface area (Å²) in [7, 11) is 0. The molecule has 0 aliphatic carbocycles. The van der Waals surface area contributed by atoms with Gasteiger partial charge in [0.25, 0.3) is 5.91 Å². The first kappa shape index (κ1) is 17.1. The topological polar surface area (TPSA) is 62.1 Å². The third kappa shape index (κ3) is 5.13. The van der Waals surface area contributed by atoms with Crippen molar-refractivity contribution in [2.24, 2.45) is 0 Å². The highest BCUT2D eigenvalue weighted by Crippen LogP contribution is 2.25. The largest absolute Gasteiger partial charge is 0.493 e. The summed E-state index contributed by atoms with van der Waals surface area (Å²) in [6, 6.07) is 7.02. The van der Waals surface area contributed by atoms with E-state index in [1.165, 1.54) is 6.08 Å². The molecule has 0 saturated heterocycles. The van der Waals surface area contributed by atoms with Crippen molar-refractivity contribution in [3.63, 3.8) is 0 Å². The Balaban J connectivity index is 3.10. The first-order chi connectivity index (χ1) is 10.0. The van der Waals surface area contributed by atoms with Crippen LogP contribution in [0.1, 0.15) is 32.8 Å². The van der Waals surface area contributed by atoms with Gasteiger partial charge in [-0.1, -0.05) is 18.5 Å². The second-order valence-corrected chi connectivity index (χ2v) is 5.00. The molecule has 5 heteroatoms. The van der Waals surface area contributed by atoms with Crippen molar-refractivity contribution in [1.82, 2.24) is 5.32 Å². The predicted molar refractivity (Wildman–Crippen MR) is 84.1 cm³/mol. The van der Waals surface area contributed by atoms with Gasteiger partial charge in [-0.3, -0.25) is 4.79 Å². The highest BCUT2D eigenvalue weighted by molar-refractivity contribution is 6.30. The van der Waals surface area contributed by atoms with Gasteiger partial charge in [0.05, 0.1) is 6.61 Å². The van der Waals surface area contributed by atoms with Crippen molar-refractivity contribution in [2.45, 2.75) is 33.2 Å². The fourth-order valence-corrected chi connectivity index (χ4v) is 1.81. The van der Waals surface area contributed by atoms with E-state index < -0.39 is 5.91 Å². The number of rotatable bonds is 6. The number of nitriles is 1. The minimum atomic E-state index is -0.394. The molecule has 0 heterocycles. The smallest absolute Gasteiger partial charge is 0.262 e. The van der Waals surface area contributed by atoms with Crippen LogP contribution in [0.5, 0.6) is 5.75 Å². The summed E-state index contributed by atoms with van der Waals surface area (Å²) < 4.78 is 5.48. The van der Waals surface area contributed by atoms with Crippen LogP contribution in [0.25, 0.3) is 6.08 Å². The predicted octanol–water partition coefficient (Wildman–Crippen LogP) is 3.56. The Morgan fingerprint density at radius 2 is 2.24 bits per heavy atom. The van der Waals surface area contributed by atoms with Gasteiger partial charge in [-0.25, -0.2) is 0 Å². The normalized spacial score (nSPS) is 12.4. The molecule has 1 N–H and O–H groups in total. The number of amides is 1. The Morgan fingerprint density at radius 3 is 2.81 bits per heavy atom. The molecule has 21 heavy (non-hydrogen) atoms. The van der Waals surface area contributed by atoms with E-state index in [-0.39, 0.29) is 11.6 Å². The maximum absolute atomic E-state index is 12.0. The first-order valence-corrected chi connectivity index (χ1v) is 7.24. The zero-order chi connectivity index (χ0) is 15.8. The molecule has 1 atom stereocenters. The highest BCUT2D eigenvalue weighted by atomic mass is 35.5. The molecule has 1 rings (SSSR count). The van der Waals surface area contributed by atoms with Gasteiger partial charge < -0.3 is 10.1 Å². The molecule has 0 radical (unpaired) electrons. The summed E-state index contributed by atoms with van der Waals surface area (Å²) in [6.07, 6.45) is 2.29. The molecule has 0 aliphatic heterocycles. The van der Waals surface area contributed by atoms with Gasteiger partial charge in [0.2, 0.25) is 0 Å². The number of nitrogens with zero attached hydrogens (tertiary/aromatic N) is 1. The molecule has 0 bridgehead atoms. The zero-order valence-corrected chi connectivity index (χ0v) is 13.2. The lowest BCUT2D eigenvalue weighted by atomic mass is 10.1. The van der Waals surface area contributed by atoms with Crippen LogP contribution in [0.2, 0.25) is 5.02 Å². The van der Waals surface area contributed by atoms with Gasteiger partial charge >= 0.3 is 0 Å². The van der Waals surface area contributed by atoms with E-state index in [1.54, 1.807) is 18.2 Å². The van der Waals surface area contributed by atoms with Gasteiger partial charge in [-0.2, -0.15) is 5.26 Å². The summed E-state index contributed by atoms with van der Waals surface area (Å²) in [5.74, 6) is 0.195. The van der Waals surface area contributed by atoms with Crippen LogP contribution in [0.4, 0.5) is 0 Å². The number of carbonyl (C=O) groups excluding carboxylic acids is 1. The van der Waals surface area contributed by atoms with Crippen LogP contribution >= 0.6 is 11.6 Å². The molecular weight excluding hydrogens is 288 g/mol. The lowest BCUT2D eigenvalue weighted by molar-refractivity contribution is -0.117. The summed E-state index contributed by atoms with van der Waals surface area (Å²) in [4.78, 5) is 12.0. The lowest BCUT2D eigenvalue weighted by Gasteiger charge is -2.11. The Morgan fingerprint density at radius 1 is 1.52 bits per heavy atom. The van der Waals surface area contributed by atoms with Crippen LogP contribution in [0, 0.1) is 11.3 Å². The van der Waals surface area contributed by atoms with E-state index in [2.05, 4.69) is 5.32 Å². The molecule has 1 aromatic carbocycles. The maximum atomic E-state index is 12.0. The van der Waals surface area contributed by atoms with E-state index in [9.17, 15) is 10.1 Å². The number of benzene rings is 1. The highest BCUT2D eigenvalue weighted by Gasteiger charge is 2.13.